The van der Waals surface area contributed by atoms with Crippen molar-refractivity contribution in [2.75, 3.05) is 38.2 Å². The molecule has 0 saturated carbocycles. The topological polar surface area (TPSA) is 61.5 Å². The second-order valence-electron chi connectivity index (χ2n) is 9.81. The first-order valence-corrected chi connectivity index (χ1v) is 12.6. The fraction of sp³-hybridized carbons (Fsp3) is 0.310. The van der Waals surface area contributed by atoms with Gasteiger partial charge >= 0.3 is 6.18 Å². The highest BCUT2D eigenvalue weighted by Crippen LogP contribution is 2.40. The van der Waals surface area contributed by atoms with Gasteiger partial charge in [-0.15, -0.1) is 0 Å². The number of carbonyl (C=O) groups excluding carboxylic acids is 1. The number of alkyl halides is 3. The van der Waals surface area contributed by atoms with Crippen molar-refractivity contribution < 1.29 is 27.1 Å². The molecule has 3 heterocycles. The van der Waals surface area contributed by atoms with E-state index in [0.29, 0.717) is 16.7 Å². The number of methoxy groups -OCH3 is 1. The van der Waals surface area contributed by atoms with Gasteiger partial charge in [-0.2, -0.15) is 13.2 Å². The first-order chi connectivity index (χ1) is 18.6. The van der Waals surface area contributed by atoms with Crippen LogP contribution in [0.15, 0.2) is 54.7 Å². The Bertz CT molecular complexity index is 1520. The van der Waals surface area contributed by atoms with Crippen molar-refractivity contribution >= 4 is 22.6 Å². The largest absolute Gasteiger partial charge is 0.496 e. The Kier molecular flexibility index (Phi) is 6.96. The number of halogens is 4. The molecule has 0 radical (unpaired) electrons. The molecule has 1 saturated heterocycles. The Morgan fingerprint density at radius 3 is 2.41 bits per heavy atom. The number of pyridine rings is 1. The van der Waals surface area contributed by atoms with Crippen molar-refractivity contribution in [1.82, 2.24) is 14.9 Å². The average molecular weight is 541 g/mol. The zero-order valence-corrected chi connectivity index (χ0v) is 21.8. The van der Waals surface area contributed by atoms with E-state index >= 15 is 4.39 Å². The predicted molar refractivity (Wildman–Crippen MR) is 142 cm³/mol. The van der Waals surface area contributed by atoms with Crippen molar-refractivity contribution in [1.29, 1.82) is 0 Å². The normalized spacial score (nSPS) is 14.4. The number of nitrogens with zero attached hydrogens (tertiary/aromatic N) is 3. The average Bonchev–Trinajstić information content (AvgIpc) is 3.38. The lowest BCUT2D eigenvalue weighted by molar-refractivity contribution is -0.137. The maximum atomic E-state index is 15.6. The first kappa shape index (κ1) is 26.5. The molecule has 2 aromatic heterocycles. The molecule has 4 aromatic rings. The highest BCUT2D eigenvalue weighted by molar-refractivity contribution is 6.04. The van der Waals surface area contributed by atoms with Crippen molar-refractivity contribution in [2.24, 2.45) is 0 Å². The molecule has 0 atom stereocenters. The zero-order chi connectivity index (χ0) is 27.9. The number of carbonyl (C=O) groups is 1. The Labute approximate surface area is 223 Å². The molecule has 1 fully saturated rings. The van der Waals surface area contributed by atoms with E-state index in [1.807, 2.05) is 38.1 Å². The van der Waals surface area contributed by atoms with Crippen LogP contribution in [-0.2, 0) is 6.18 Å². The molecule has 0 bridgehead atoms. The molecule has 0 aliphatic carbocycles. The third kappa shape index (κ3) is 4.91. The molecule has 0 spiro atoms. The Morgan fingerprint density at radius 2 is 1.74 bits per heavy atom. The molecular formula is C29H28F4N4O2. The summed E-state index contributed by atoms with van der Waals surface area (Å²) in [5.74, 6) is -0.395. The lowest BCUT2D eigenvalue weighted by Crippen LogP contribution is -2.49. The SMILES string of the molecule is COc1ccccc1-c1cc(C(C)C)c(F)c2[nH]c(C(=O)N3CCN(c4ncccc4C(F)(F)F)CC3)cc12. The van der Waals surface area contributed by atoms with E-state index in [-0.39, 0.29) is 55.0 Å². The lowest BCUT2D eigenvalue weighted by atomic mass is 9.93. The zero-order valence-electron chi connectivity index (χ0n) is 21.8. The number of rotatable bonds is 5. The molecule has 1 amide bonds. The van der Waals surface area contributed by atoms with E-state index in [0.717, 1.165) is 17.2 Å². The second kappa shape index (κ2) is 10.2. The van der Waals surface area contributed by atoms with Gasteiger partial charge in [-0.25, -0.2) is 9.37 Å². The number of aromatic nitrogens is 2. The summed E-state index contributed by atoms with van der Waals surface area (Å²) in [6.07, 6.45) is -3.20. The van der Waals surface area contributed by atoms with Gasteiger partial charge in [0.05, 0.1) is 18.2 Å². The molecule has 39 heavy (non-hydrogen) atoms. The summed E-state index contributed by atoms with van der Waals surface area (Å²) in [5.41, 5.74) is 1.65. The molecule has 1 aliphatic rings. The van der Waals surface area contributed by atoms with Crippen molar-refractivity contribution in [3.63, 3.8) is 0 Å². The van der Waals surface area contributed by atoms with Gasteiger partial charge in [-0.05, 0) is 47.4 Å². The van der Waals surface area contributed by atoms with Gasteiger partial charge in [0, 0.05) is 43.3 Å². The van der Waals surface area contributed by atoms with Crippen molar-refractivity contribution in [3.05, 3.63) is 77.4 Å². The molecule has 2 aromatic carbocycles. The van der Waals surface area contributed by atoms with Gasteiger partial charge in [0.1, 0.15) is 17.3 Å². The van der Waals surface area contributed by atoms with Crippen LogP contribution in [0.3, 0.4) is 0 Å². The number of ether oxygens (including phenoxy) is 1. The third-order valence-electron chi connectivity index (χ3n) is 7.09. The molecule has 5 rings (SSSR count). The number of hydrogen-bond acceptors (Lipinski definition) is 4. The molecular weight excluding hydrogens is 512 g/mol. The van der Waals surface area contributed by atoms with Crippen molar-refractivity contribution in [3.8, 4) is 16.9 Å². The fourth-order valence-corrected chi connectivity index (χ4v) is 5.07. The van der Waals surface area contributed by atoms with E-state index in [9.17, 15) is 18.0 Å². The molecule has 0 unspecified atom stereocenters. The smallest absolute Gasteiger partial charge is 0.419 e. The summed E-state index contributed by atoms with van der Waals surface area (Å²) >= 11 is 0. The maximum Gasteiger partial charge on any atom is 0.419 e. The summed E-state index contributed by atoms with van der Waals surface area (Å²) in [6, 6.07) is 13.1. The van der Waals surface area contributed by atoms with Crippen LogP contribution in [0, 0.1) is 5.82 Å². The number of H-pyrrole nitrogens is 1. The first-order valence-electron chi connectivity index (χ1n) is 12.6. The van der Waals surface area contributed by atoms with Crippen LogP contribution in [0.4, 0.5) is 23.4 Å². The third-order valence-corrected chi connectivity index (χ3v) is 7.09. The number of hydrogen-bond donors (Lipinski definition) is 1. The van der Waals surface area contributed by atoms with E-state index in [4.69, 9.17) is 4.74 Å². The second-order valence-corrected chi connectivity index (χ2v) is 9.81. The van der Waals surface area contributed by atoms with Crippen LogP contribution in [0.1, 0.15) is 41.4 Å². The Hall–Kier alpha value is -4.08. The van der Waals surface area contributed by atoms with Crippen molar-refractivity contribution in [2.45, 2.75) is 25.9 Å². The highest BCUT2D eigenvalue weighted by Gasteiger charge is 2.36. The van der Waals surface area contributed by atoms with Gasteiger partial charge in [-0.1, -0.05) is 32.0 Å². The van der Waals surface area contributed by atoms with E-state index in [1.54, 1.807) is 24.1 Å². The van der Waals surface area contributed by atoms with Crippen LogP contribution in [0.25, 0.3) is 22.0 Å². The van der Waals surface area contributed by atoms with Gasteiger partial charge < -0.3 is 19.5 Å². The van der Waals surface area contributed by atoms with Crippen LogP contribution in [0.5, 0.6) is 5.75 Å². The summed E-state index contributed by atoms with van der Waals surface area (Å²) in [6.45, 7) is 4.56. The summed E-state index contributed by atoms with van der Waals surface area (Å²) in [7, 11) is 1.57. The molecule has 1 N–H and O–H groups in total. The summed E-state index contributed by atoms with van der Waals surface area (Å²) < 4.78 is 61.6. The number of fused-ring (bicyclic) bond motifs is 1. The standard InChI is InChI=1S/C29H28F4N4O2/c1-17(2)19-15-20(18-7-4-5-9-24(18)39-3)21-16-23(35-26(21)25(19)30)28(38)37-13-11-36(12-14-37)27-22(29(31,32)33)8-6-10-34-27/h4-10,15-17,35H,11-14H2,1-3H3. The monoisotopic (exact) mass is 540 g/mol. The fourth-order valence-electron chi connectivity index (χ4n) is 5.07. The summed E-state index contributed by atoms with van der Waals surface area (Å²) in [4.78, 5) is 23.5. The van der Waals surface area contributed by atoms with E-state index in [2.05, 4.69) is 9.97 Å². The quantitative estimate of drug-likeness (QED) is 0.294. The Morgan fingerprint density at radius 1 is 1.03 bits per heavy atom. The number of para-hydroxylation sites is 1. The number of nitrogens with one attached hydrogen (secondary N) is 1. The van der Waals surface area contributed by atoms with Gasteiger partial charge in [0.15, 0.2) is 5.82 Å². The number of piperazine rings is 1. The number of benzene rings is 2. The minimum absolute atomic E-state index is 0.105. The van der Waals surface area contributed by atoms with Crippen LogP contribution in [-0.4, -0.2) is 54.1 Å². The van der Waals surface area contributed by atoms with Crippen LogP contribution < -0.4 is 9.64 Å². The minimum atomic E-state index is -4.53. The molecule has 204 valence electrons. The highest BCUT2D eigenvalue weighted by atomic mass is 19.4. The van der Waals surface area contributed by atoms with Crippen LogP contribution >= 0.6 is 0 Å². The van der Waals surface area contributed by atoms with Gasteiger partial charge in [0.2, 0.25) is 0 Å². The van der Waals surface area contributed by atoms with Crippen LogP contribution in [0.2, 0.25) is 0 Å². The van der Waals surface area contributed by atoms with Gasteiger partial charge in [0.25, 0.3) is 5.91 Å². The number of anilines is 1. The van der Waals surface area contributed by atoms with E-state index in [1.165, 1.54) is 17.2 Å². The predicted octanol–water partition coefficient (Wildman–Crippen LogP) is 6.48. The lowest BCUT2D eigenvalue weighted by Gasteiger charge is -2.36. The summed E-state index contributed by atoms with van der Waals surface area (Å²) in [5, 5.41) is 0.548. The molecule has 1 aliphatic heterocycles. The maximum absolute atomic E-state index is 15.6. The molecule has 6 nitrogen and oxygen atoms in total. The number of aromatic amines is 1. The minimum Gasteiger partial charge on any atom is -0.496 e. The number of amides is 1. The van der Waals surface area contributed by atoms with Gasteiger partial charge in [-0.3, -0.25) is 4.79 Å². The molecule has 10 heteroatoms. The van der Waals surface area contributed by atoms with E-state index < -0.39 is 17.6 Å². The Balaban J connectivity index is 1.46.